The Morgan fingerprint density at radius 1 is 1.45 bits per heavy atom. The van der Waals surface area contributed by atoms with Crippen molar-refractivity contribution in [1.29, 1.82) is 0 Å². The first kappa shape index (κ1) is 15.3. The van der Waals surface area contributed by atoms with Crippen LogP contribution in [0.3, 0.4) is 0 Å². The summed E-state index contributed by atoms with van der Waals surface area (Å²) < 4.78 is 0.776. The first-order valence-corrected chi connectivity index (χ1v) is 7.62. The Labute approximate surface area is 131 Å². The van der Waals surface area contributed by atoms with Gasteiger partial charge in [0.2, 0.25) is 5.91 Å². The largest absolute Gasteiger partial charge is 0.342 e. The first-order chi connectivity index (χ1) is 9.37. The van der Waals surface area contributed by atoms with Crippen molar-refractivity contribution < 1.29 is 9.59 Å². The lowest BCUT2D eigenvalue weighted by Crippen LogP contribution is -2.54. The number of anilines is 1. The third-order valence-electron chi connectivity index (χ3n) is 3.62. The van der Waals surface area contributed by atoms with Gasteiger partial charge < -0.3 is 10.2 Å². The summed E-state index contributed by atoms with van der Waals surface area (Å²) in [5, 5.41) is 3.35. The number of hydrogen-bond acceptors (Lipinski definition) is 2. The molecule has 1 atom stereocenters. The summed E-state index contributed by atoms with van der Waals surface area (Å²) >= 11 is 9.42. The Balaban J connectivity index is 2.41. The van der Waals surface area contributed by atoms with Gasteiger partial charge in [0.15, 0.2) is 0 Å². The third kappa shape index (κ3) is 2.83. The van der Waals surface area contributed by atoms with Crippen LogP contribution in [-0.2, 0) is 9.59 Å². The fraction of sp³-hybridized carbons (Fsp3) is 0.429. The molecule has 6 heteroatoms. The summed E-state index contributed by atoms with van der Waals surface area (Å²) in [5.74, 6) is -0.211. The molecule has 2 amide bonds. The van der Waals surface area contributed by atoms with Gasteiger partial charge in [0.1, 0.15) is 5.54 Å². The number of nitrogens with zero attached hydrogens (tertiary/aromatic N) is 1. The normalized spacial score (nSPS) is 23.5. The van der Waals surface area contributed by atoms with Crippen LogP contribution < -0.4 is 10.2 Å². The number of rotatable bonds is 2. The summed E-state index contributed by atoms with van der Waals surface area (Å²) in [6, 6.07) is 5.35. The molecule has 1 saturated heterocycles. The number of carbonyl (C=O) groups is 2. The first-order valence-electron chi connectivity index (χ1n) is 6.45. The molecule has 1 unspecified atom stereocenters. The van der Waals surface area contributed by atoms with Gasteiger partial charge in [0.05, 0.1) is 5.02 Å². The van der Waals surface area contributed by atoms with E-state index >= 15 is 0 Å². The van der Waals surface area contributed by atoms with E-state index in [0.717, 1.165) is 4.47 Å². The Morgan fingerprint density at radius 2 is 2.15 bits per heavy atom. The maximum absolute atomic E-state index is 12.7. The van der Waals surface area contributed by atoms with Crippen molar-refractivity contribution in [3.63, 3.8) is 0 Å². The fourth-order valence-corrected chi connectivity index (χ4v) is 2.60. The highest BCUT2D eigenvalue weighted by atomic mass is 79.9. The maximum Gasteiger partial charge on any atom is 0.252 e. The maximum atomic E-state index is 12.7. The minimum atomic E-state index is -0.868. The van der Waals surface area contributed by atoms with Gasteiger partial charge >= 0.3 is 0 Å². The molecule has 1 fully saturated rings. The predicted octanol–water partition coefficient (Wildman–Crippen LogP) is 3.12. The number of carbonyl (C=O) groups excluding carboxylic acids is 2. The molecule has 0 spiro atoms. The van der Waals surface area contributed by atoms with E-state index < -0.39 is 5.54 Å². The van der Waals surface area contributed by atoms with E-state index in [-0.39, 0.29) is 18.2 Å². The van der Waals surface area contributed by atoms with Crippen molar-refractivity contribution >= 4 is 45.0 Å². The molecule has 0 bridgehead atoms. The molecule has 1 heterocycles. The van der Waals surface area contributed by atoms with Crippen LogP contribution in [0, 0.1) is 0 Å². The molecular weight excluding hydrogens is 344 g/mol. The minimum absolute atomic E-state index is 0.103. The molecule has 108 valence electrons. The zero-order valence-electron chi connectivity index (χ0n) is 11.4. The van der Waals surface area contributed by atoms with Crippen LogP contribution in [0.25, 0.3) is 0 Å². The molecule has 1 aromatic carbocycles. The van der Waals surface area contributed by atoms with Gasteiger partial charge in [-0.05, 0) is 47.5 Å². The molecule has 1 aliphatic rings. The van der Waals surface area contributed by atoms with Gasteiger partial charge in [-0.25, -0.2) is 0 Å². The number of benzene rings is 1. The van der Waals surface area contributed by atoms with E-state index in [2.05, 4.69) is 21.2 Å². The van der Waals surface area contributed by atoms with Crippen LogP contribution in [0.2, 0.25) is 5.02 Å². The van der Waals surface area contributed by atoms with Crippen molar-refractivity contribution in [3.8, 4) is 0 Å². The summed E-state index contributed by atoms with van der Waals surface area (Å²) in [7, 11) is 0. The number of amides is 2. The van der Waals surface area contributed by atoms with E-state index in [9.17, 15) is 9.59 Å². The Hall–Kier alpha value is -1.07. The summed E-state index contributed by atoms with van der Waals surface area (Å²) in [4.78, 5) is 26.1. The van der Waals surface area contributed by atoms with E-state index in [0.29, 0.717) is 23.7 Å². The SMILES string of the molecule is CCC1(C)NC(=O)CCN(c2ccc(Br)c(Cl)c2)C1=O. The van der Waals surface area contributed by atoms with Gasteiger partial charge in [-0.1, -0.05) is 18.5 Å². The average Bonchev–Trinajstić information content (AvgIpc) is 2.52. The van der Waals surface area contributed by atoms with Crippen molar-refractivity contribution in [3.05, 3.63) is 27.7 Å². The van der Waals surface area contributed by atoms with Gasteiger partial charge in [0, 0.05) is 23.1 Å². The minimum Gasteiger partial charge on any atom is -0.342 e. The zero-order chi connectivity index (χ0) is 14.9. The zero-order valence-corrected chi connectivity index (χ0v) is 13.7. The quantitative estimate of drug-likeness (QED) is 0.882. The van der Waals surface area contributed by atoms with Crippen LogP contribution in [0.4, 0.5) is 5.69 Å². The van der Waals surface area contributed by atoms with E-state index in [4.69, 9.17) is 11.6 Å². The van der Waals surface area contributed by atoms with Gasteiger partial charge in [0.25, 0.3) is 5.91 Å². The van der Waals surface area contributed by atoms with E-state index in [1.54, 1.807) is 24.0 Å². The predicted molar refractivity (Wildman–Crippen MR) is 83.0 cm³/mol. The van der Waals surface area contributed by atoms with Crippen LogP contribution in [0.1, 0.15) is 26.7 Å². The summed E-state index contributed by atoms with van der Waals surface area (Å²) in [6.45, 7) is 4.00. The number of halogens is 2. The molecule has 4 nitrogen and oxygen atoms in total. The summed E-state index contributed by atoms with van der Waals surface area (Å²) in [6.07, 6.45) is 0.827. The second kappa shape index (κ2) is 5.74. The molecule has 1 aliphatic heterocycles. The Kier molecular flexibility index (Phi) is 4.39. The van der Waals surface area contributed by atoms with Crippen molar-refractivity contribution in [1.82, 2.24) is 5.32 Å². The van der Waals surface area contributed by atoms with Crippen LogP contribution in [0.15, 0.2) is 22.7 Å². The highest BCUT2D eigenvalue weighted by molar-refractivity contribution is 9.10. The number of nitrogens with one attached hydrogen (secondary N) is 1. The highest BCUT2D eigenvalue weighted by Crippen LogP contribution is 2.30. The second-order valence-electron chi connectivity index (χ2n) is 5.04. The van der Waals surface area contributed by atoms with Gasteiger partial charge in [-0.3, -0.25) is 9.59 Å². The van der Waals surface area contributed by atoms with Crippen molar-refractivity contribution in [2.75, 3.05) is 11.4 Å². The van der Waals surface area contributed by atoms with Gasteiger partial charge in [-0.2, -0.15) is 0 Å². The van der Waals surface area contributed by atoms with Crippen LogP contribution in [-0.4, -0.2) is 23.9 Å². The Bertz CT molecular complexity index is 564. The molecule has 1 aromatic rings. The standard InChI is InChI=1S/C14H16BrClN2O2/c1-3-14(2)13(20)18(7-6-12(19)17-14)9-4-5-10(15)11(16)8-9/h4-5,8H,3,6-7H2,1-2H3,(H,17,19). The molecule has 1 N–H and O–H groups in total. The summed E-state index contributed by atoms with van der Waals surface area (Å²) in [5.41, 5.74) is -0.160. The van der Waals surface area contributed by atoms with Gasteiger partial charge in [-0.15, -0.1) is 0 Å². The van der Waals surface area contributed by atoms with E-state index in [1.165, 1.54) is 0 Å². The molecule has 0 radical (unpaired) electrons. The lowest BCUT2D eigenvalue weighted by Gasteiger charge is -2.31. The molecule has 0 saturated carbocycles. The smallest absolute Gasteiger partial charge is 0.252 e. The highest BCUT2D eigenvalue weighted by Gasteiger charge is 2.39. The molecule has 0 aliphatic carbocycles. The average molecular weight is 360 g/mol. The van der Waals surface area contributed by atoms with Crippen LogP contribution >= 0.6 is 27.5 Å². The topological polar surface area (TPSA) is 49.4 Å². The fourth-order valence-electron chi connectivity index (χ4n) is 2.18. The Morgan fingerprint density at radius 3 is 2.75 bits per heavy atom. The monoisotopic (exact) mass is 358 g/mol. The molecule has 2 rings (SSSR count). The number of hydrogen-bond donors (Lipinski definition) is 1. The molecular formula is C14H16BrClN2O2. The van der Waals surface area contributed by atoms with Crippen molar-refractivity contribution in [2.24, 2.45) is 0 Å². The molecule has 20 heavy (non-hydrogen) atoms. The van der Waals surface area contributed by atoms with Crippen LogP contribution in [0.5, 0.6) is 0 Å². The van der Waals surface area contributed by atoms with Crippen molar-refractivity contribution in [2.45, 2.75) is 32.2 Å². The second-order valence-corrected chi connectivity index (χ2v) is 6.30. The lowest BCUT2D eigenvalue weighted by molar-refractivity contribution is -0.129. The lowest BCUT2D eigenvalue weighted by atomic mass is 9.97. The molecule has 0 aromatic heterocycles. The third-order valence-corrected chi connectivity index (χ3v) is 4.85. The van der Waals surface area contributed by atoms with E-state index in [1.807, 2.05) is 13.0 Å².